The Balaban J connectivity index is 2.22. The molecule has 1 fully saturated rings. The quantitative estimate of drug-likeness (QED) is 0.359. The van der Waals surface area contributed by atoms with Crippen LogP contribution in [-0.4, -0.2) is 22.6 Å². The van der Waals surface area contributed by atoms with Gasteiger partial charge in [-0.15, -0.1) is 0 Å². The van der Waals surface area contributed by atoms with Crippen LogP contribution >= 0.6 is 0 Å². The number of aliphatic carboxylic acids is 1. The van der Waals surface area contributed by atoms with Crippen LogP contribution in [0.5, 0.6) is 0 Å². The lowest BCUT2D eigenvalue weighted by Crippen LogP contribution is -2.34. The smallest absolute Gasteiger partial charge is 0.309 e. The third-order valence-corrected chi connectivity index (χ3v) is 5.37. The second kappa shape index (κ2) is 11.5. The first-order valence-electron chi connectivity index (χ1n) is 10.3. The third-order valence-electron chi connectivity index (χ3n) is 5.37. The molecule has 0 radical (unpaired) electrons. The molecule has 0 aromatic rings. The van der Waals surface area contributed by atoms with Gasteiger partial charge in [0.15, 0.2) is 0 Å². The molecule has 1 saturated carbocycles. The number of hydrogen-bond acceptors (Lipinski definition) is 3. The average Bonchev–Trinajstić information content (AvgIpc) is 2.57. The van der Waals surface area contributed by atoms with Gasteiger partial charge in [0, 0.05) is 0 Å². The van der Waals surface area contributed by atoms with Gasteiger partial charge in [-0.1, -0.05) is 58.3 Å². The minimum atomic E-state index is -0.782. The van der Waals surface area contributed by atoms with E-state index in [1.807, 2.05) is 13.8 Å². The number of carbonyl (C=O) groups excluding carboxylic acids is 1. The lowest BCUT2D eigenvalue weighted by Gasteiger charge is -2.30. The number of unbranched alkanes of at least 4 members (excludes halogenated alkanes) is 7. The van der Waals surface area contributed by atoms with Crippen molar-refractivity contribution in [2.75, 3.05) is 0 Å². The maximum absolute atomic E-state index is 12.4. The first-order valence-corrected chi connectivity index (χ1v) is 10.3. The predicted molar refractivity (Wildman–Crippen MR) is 100 cm³/mol. The highest BCUT2D eigenvalue weighted by atomic mass is 16.6. The van der Waals surface area contributed by atoms with Gasteiger partial charge in [0.25, 0.3) is 0 Å². The van der Waals surface area contributed by atoms with Gasteiger partial charge in [0.1, 0.15) is 5.60 Å². The van der Waals surface area contributed by atoms with E-state index in [4.69, 9.17) is 9.84 Å². The van der Waals surface area contributed by atoms with Crippen molar-refractivity contribution in [2.45, 2.75) is 110 Å². The third kappa shape index (κ3) is 9.27. The van der Waals surface area contributed by atoms with Crippen LogP contribution in [0.3, 0.4) is 0 Å². The minimum absolute atomic E-state index is 0.199. The summed E-state index contributed by atoms with van der Waals surface area (Å²) in [4.78, 5) is 23.5. The maximum Gasteiger partial charge on any atom is 0.309 e. The molecule has 2 atom stereocenters. The van der Waals surface area contributed by atoms with Crippen LogP contribution in [-0.2, 0) is 14.3 Å². The summed E-state index contributed by atoms with van der Waals surface area (Å²) in [6.45, 7) is 6.19. The summed E-state index contributed by atoms with van der Waals surface area (Å²) in [5.41, 5.74) is -0.449. The standard InChI is InChI=1S/C21H38O4/c1-4-5-6-7-8-9-10-11-15-21(2,3)25-20(24)18-14-12-13-17(16-18)19(22)23/h17-18H,4-16H2,1-3H3,(H,22,23). The molecule has 0 bridgehead atoms. The topological polar surface area (TPSA) is 63.6 Å². The molecule has 2 unspecified atom stereocenters. The van der Waals surface area contributed by atoms with Gasteiger partial charge in [-0.05, 0) is 46.0 Å². The Bertz CT molecular complexity index is 403. The van der Waals surface area contributed by atoms with Crippen molar-refractivity contribution in [2.24, 2.45) is 11.8 Å². The average molecular weight is 355 g/mol. The lowest BCUT2D eigenvalue weighted by molar-refractivity contribution is -0.164. The summed E-state index contributed by atoms with van der Waals surface area (Å²) in [5, 5.41) is 9.15. The van der Waals surface area contributed by atoms with Gasteiger partial charge in [0.2, 0.25) is 0 Å². The van der Waals surface area contributed by atoms with Crippen molar-refractivity contribution in [1.29, 1.82) is 0 Å². The SMILES string of the molecule is CCCCCCCCCCC(C)(C)OC(=O)C1CCCC(C(=O)O)C1. The molecule has 0 aliphatic heterocycles. The molecular formula is C21H38O4. The van der Waals surface area contributed by atoms with Gasteiger partial charge in [0.05, 0.1) is 11.8 Å². The van der Waals surface area contributed by atoms with Crippen LogP contribution in [0.1, 0.15) is 104 Å². The van der Waals surface area contributed by atoms with E-state index in [2.05, 4.69) is 6.92 Å². The van der Waals surface area contributed by atoms with E-state index in [1.54, 1.807) is 0 Å². The Hall–Kier alpha value is -1.06. The van der Waals surface area contributed by atoms with Crippen LogP contribution in [0.4, 0.5) is 0 Å². The molecule has 1 N–H and O–H groups in total. The number of carboxylic acid groups (broad SMARTS) is 1. The van der Waals surface area contributed by atoms with Crippen molar-refractivity contribution in [3.05, 3.63) is 0 Å². The largest absolute Gasteiger partial charge is 0.481 e. The normalized spacial score (nSPS) is 21.1. The molecule has 4 heteroatoms. The van der Waals surface area contributed by atoms with Crippen LogP contribution < -0.4 is 0 Å². The molecule has 1 aliphatic rings. The summed E-state index contributed by atoms with van der Waals surface area (Å²) >= 11 is 0. The minimum Gasteiger partial charge on any atom is -0.481 e. The number of rotatable bonds is 12. The fourth-order valence-electron chi connectivity index (χ4n) is 3.72. The number of esters is 1. The molecule has 0 heterocycles. The van der Waals surface area contributed by atoms with Crippen LogP contribution in [0.25, 0.3) is 0 Å². The maximum atomic E-state index is 12.4. The number of hydrogen-bond donors (Lipinski definition) is 1. The van der Waals surface area contributed by atoms with Crippen molar-refractivity contribution >= 4 is 11.9 Å². The number of ether oxygens (including phenoxy) is 1. The van der Waals surface area contributed by atoms with Gasteiger partial charge < -0.3 is 9.84 Å². The summed E-state index contributed by atoms with van der Waals surface area (Å²) in [5.74, 6) is -1.61. The van der Waals surface area contributed by atoms with Gasteiger partial charge >= 0.3 is 11.9 Å². The van der Waals surface area contributed by atoms with Crippen molar-refractivity contribution in [1.82, 2.24) is 0 Å². The zero-order valence-corrected chi connectivity index (χ0v) is 16.5. The number of carboxylic acids is 1. The molecule has 0 aromatic carbocycles. The van der Waals surface area contributed by atoms with Gasteiger partial charge in [-0.25, -0.2) is 0 Å². The molecule has 4 nitrogen and oxygen atoms in total. The first kappa shape index (κ1) is 22.0. The highest BCUT2D eigenvalue weighted by Crippen LogP contribution is 2.32. The Labute approximate surface area is 153 Å². The molecule has 0 amide bonds. The van der Waals surface area contributed by atoms with E-state index in [0.717, 1.165) is 25.7 Å². The van der Waals surface area contributed by atoms with Crippen molar-refractivity contribution < 1.29 is 19.4 Å². The Kier molecular flexibility index (Phi) is 10.1. The monoisotopic (exact) mass is 354 g/mol. The number of carbonyl (C=O) groups is 2. The predicted octanol–water partition coefficient (Wildman–Crippen LogP) is 5.73. The molecule has 25 heavy (non-hydrogen) atoms. The van der Waals surface area contributed by atoms with E-state index < -0.39 is 11.6 Å². The van der Waals surface area contributed by atoms with E-state index in [-0.39, 0.29) is 17.8 Å². The first-order chi connectivity index (χ1) is 11.9. The molecule has 0 aromatic heterocycles. The molecule has 1 rings (SSSR count). The zero-order valence-electron chi connectivity index (χ0n) is 16.5. The lowest BCUT2D eigenvalue weighted by atomic mass is 9.81. The van der Waals surface area contributed by atoms with E-state index in [0.29, 0.717) is 12.8 Å². The second-order valence-electron chi connectivity index (χ2n) is 8.30. The highest BCUT2D eigenvalue weighted by molar-refractivity contribution is 5.75. The highest BCUT2D eigenvalue weighted by Gasteiger charge is 2.34. The van der Waals surface area contributed by atoms with Crippen LogP contribution in [0.2, 0.25) is 0 Å². The van der Waals surface area contributed by atoms with E-state index in [1.165, 1.54) is 44.9 Å². The Morgan fingerprint density at radius 1 is 0.960 bits per heavy atom. The molecule has 146 valence electrons. The Morgan fingerprint density at radius 2 is 1.52 bits per heavy atom. The molecular weight excluding hydrogens is 316 g/mol. The van der Waals surface area contributed by atoms with Gasteiger partial charge in [-0.2, -0.15) is 0 Å². The molecule has 0 spiro atoms. The van der Waals surface area contributed by atoms with Crippen molar-refractivity contribution in [3.8, 4) is 0 Å². The van der Waals surface area contributed by atoms with Crippen molar-refractivity contribution in [3.63, 3.8) is 0 Å². The van der Waals surface area contributed by atoms with Crippen LogP contribution in [0, 0.1) is 11.8 Å². The summed E-state index contributed by atoms with van der Waals surface area (Å²) in [7, 11) is 0. The van der Waals surface area contributed by atoms with E-state index in [9.17, 15) is 9.59 Å². The van der Waals surface area contributed by atoms with Gasteiger partial charge in [-0.3, -0.25) is 9.59 Å². The summed E-state index contributed by atoms with van der Waals surface area (Å²) in [6.07, 6.45) is 13.7. The Morgan fingerprint density at radius 3 is 2.12 bits per heavy atom. The molecule has 0 saturated heterocycles. The fraction of sp³-hybridized carbons (Fsp3) is 0.905. The van der Waals surface area contributed by atoms with E-state index >= 15 is 0 Å². The second-order valence-corrected chi connectivity index (χ2v) is 8.30. The molecule has 1 aliphatic carbocycles. The summed E-state index contributed by atoms with van der Waals surface area (Å²) < 4.78 is 5.73. The zero-order chi connectivity index (χ0) is 18.7. The summed E-state index contributed by atoms with van der Waals surface area (Å²) in [6, 6.07) is 0. The van der Waals surface area contributed by atoms with Crippen LogP contribution in [0.15, 0.2) is 0 Å². The fourth-order valence-corrected chi connectivity index (χ4v) is 3.72.